The third-order valence-electron chi connectivity index (χ3n) is 5.21. The van der Waals surface area contributed by atoms with Gasteiger partial charge in [-0.1, -0.05) is 0 Å². The molecule has 1 aromatic carbocycles. The van der Waals surface area contributed by atoms with Crippen molar-refractivity contribution in [3.05, 3.63) is 35.3 Å². The van der Waals surface area contributed by atoms with Gasteiger partial charge in [0.2, 0.25) is 11.8 Å². The summed E-state index contributed by atoms with van der Waals surface area (Å²) in [7, 11) is 2.14. The molecule has 2 aliphatic heterocycles. The summed E-state index contributed by atoms with van der Waals surface area (Å²) in [5, 5.41) is 5.49. The molecule has 4 rings (SSSR count). The highest BCUT2D eigenvalue weighted by Gasteiger charge is 2.24. The zero-order chi connectivity index (χ0) is 19.5. The molecule has 148 valence electrons. The highest BCUT2D eigenvalue weighted by atomic mass is 32.1. The number of likely N-dealkylation sites (N-methyl/N-ethyl adjacent to an activating group) is 1. The first-order valence-electron chi connectivity index (χ1n) is 9.67. The Morgan fingerprint density at radius 1 is 1.14 bits per heavy atom. The summed E-state index contributed by atoms with van der Waals surface area (Å²) in [4.78, 5) is 35.0. The monoisotopic (exact) mass is 399 g/mol. The second-order valence-electron chi connectivity index (χ2n) is 7.33. The molecule has 0 unspecified atom stereocenters. The van der Waals surface area contributed by atoms with Gasteiger partial charge in [-0.2, -0.15) is 0 Å². The van der Waals surface area contributed by atoms with Gasteiger partial charge in [0, 0.05) is 55.9 Å². The number of amides is 2. The van der Waals surface area contributed by atoms with Gasteiger partial charge in [0.25, 0.3) is 0 Å². The van der Waals surface area contributed by atoms with E-state index in [2.05, 4.69) is 39.3 Å². The van der Waals surface area contributed by atoms with Gasteiger partial charge in [-0.05, 0) is 37.7 Å². The first-order chi connectivity index (χ1) is 13.6. The molecular formula is C20H25N5O2S. The molecule has 2 amide bonds. The van der Waals surface area contributed by atoms with Crippen LogP contribution in [0.3, 0.4) is 0 Å². The first-order valence-corrected chi connectivity index (χ1v) is 10.5. The average Bonchev–Trinajstić information content (AvgIpc) is 3.31. The second-order valence-corrected chi connectivity index (χ2v) is 8.17. The molecule has 0 spiro atoms. The number of rotatable bonds is 5. The van der Waals surface area contributed by atoms with Gasteiger partial charge in [0.05, 0.1) is 12.1 Å². The van der Waals surface area contributed by atoms with Gasteiger partial charge < -0.3 is 15.1 Å². The van der Waals surface area contributed by atoms with Crippen molar-refractivity contribution in [2.45, 2.75) is 19.3 Å². The summed E-state index contributed by atoms with van der Waals surface area (Å²) < 4.78 is 0. The minimum absolute atomic E-state index is 0.100. The standard InChI is InChI=1S/C20H25N5O2S/c1-23-9-11-24(12-10-23)17-6-4-15(5-7-17)21-18(26)13-16-14-28-20(22-16)25-8-2-3-19(25)27/h4-7,14H,2-3,8-13H2,1H3,(H,21,26). The van der Waals surface area contributed by atoms with E-state index in [9.17, 15) is 9.59 Å². The molecule has 2 saturated heterocycles. The maximum Gasteiger partial charge on any atom is 0.230 e. The van der Waals surface area contributed by atoms with E-state index in [1.165, 1.54) is 17.0 Å². The van der Waals surface area contributed by atoms with Crippen molar-refractivity contribution in [3.63, 3.8) is 0 Å². The molecule has 2 aliphatic rings. The molecule has 0 bridgehead atoms. The van der Waals surface area contributed by atoms with Crippen LogP contribution in [0.4, 0.5) is 16.5 Å². The molecule has 2 fully saturated rings. The van der Waals surface area contributed by atoms with Crippen molar-refractivity contribution in [2.75, 3.05) is 54.9 Å². The fourth-order valence-corrected chi connectivity index (χ4v) is 4.41. The number of benzene rings is 1. The van der Waals surface area contributed by atoms with Crippen LogP contribution < -0.4 is 15.1 Å². The van der Waals surface area contributed by atoms with Crippen LogP contribution in [0.25, 0.3) is 0 Å². The Kier molecular flexibility index (Phi) is 5.59. The summed E-state index contributed by atoms with van der Waals surface area (Å²) in [5.41, 5.74) is 2.67. The Labute approximate surface area is 169 Å². The summed E-state index contributed by atoms with van der Waals surface area (Å²) >= 11 is 1.42. The minimum atomic E-state index is -0.100. The Morgan fingerprint density at radius 2 is 1.89 bits per heavy atom. The number of hydrogen-bond donors (Lipinski definition) is 1. The molecule has 7 nitrogen and oxygen atoms in total. The van der Waals surface area contributed by atoms with Crippen molar-refractivity contribution in [2.24, 2.45) is 0 Å². The highest BCUT2D eigenvalue weighted by Crippen LogP contribution is 2.25. The highest BCUT2D eigenvalue weighted by molar-refractivity contribution is 7.14. The Balaban J connectivity index is 1.31. The molecular weight excluding hydrogens is 374 g/mol. The number of thiazole rings is 1. The van der Waals surface area contributed by atoms with Crippen LogP contribution >= 0.6 is 11.3 Å². The Hall–Kier alpha value is -2.45. The van der Waals surface area contributed by atoms with Gasteiger partial charge in [0.1, 0.15) is 0 Å². The Morgan fingerprint density at radius 3 is 2.57 bits per heavy atom. The van der Waals surface area contributed by atoms with E-state index in [4.69, 9.17) is 0 Å². The predicted molar refractivity (Wildman–Crippen MR) is 112 cm³/mol. The molecule has 0 saturated carbocycles. The molecule has 0 atom stereocenters. The molecule has 1 aromatic heterocycles. The number of carbonyl (C=O) groups excluding carboxylic acids is 2. The smallest absolute Gasteiger partial charge is 0.230 e. The van der Waals surface area contributed by atoms with Gasteiger partial charge in [-0.25, -0.2) is 4.98 Å². The van der Waals surface area contributed by atoms with E-state index in [1.54, 1.807) is 4.90 Å². The van der Waals surface area contributed by atoms with Crippen LogP contribution in [0.15, 0.2) is 29.6 Å². The fraction of sp³-hybridized carbons (Fsp3) is 0.450. The Bertz CT molecular complexity index is 843. The number of anilines is 3. The zero-order valence-corrected chi connectivity index (χ0v) is 16.9. The molecule has 3 heterocycles. The summed E-state index contributed by atoms with van der Waals surface area (Å²) in [6, 6.07) is 8.00. The van der Waals surface area contributed by atoms with Gasteiger partial charge in [0.15, 0.2) is 5.13 Å². The van der Waals surface area contributed by atoms with E-state index in [-0.39, 0.29) is 18.2 Å². The lowest BCUT2D eigenvalue weighted by atomic mass is 10.2. The fourth-order valence-electron chi connectivity index (χ4n) is 3.54. The largest absolute Gasteiger partial charge is 0.369 e. The van der Waals surface area contributed by atoms with Crippen LogP contribution in [-0.2, 0) is 16.0 Å². The van der Waals surface area contributed by atoms with Gasteiger partial charge in [-0.15, -0.1) is 11.3 Å². The van der Waals surface area contributed by atoms with Crippen LogP contribution in [0.1, 0.15) is 18.5 Å². The van der Waals surface area contributed by atoms with Crippen molar-refractivity contribution in [1.29, 1.82) is 0 Å². The van der Waals surface area contributed by atoms with Gasteiger partial charge in [-0.3, -0.25) is 14.5 Å². The van der Waals surface area contributed by atoms with E-state index >= 15 is 0 Å². The number of piperazine rings is 1. The minimum Gasteiger partial charge on any atom is -0.369 e. The topological polar surface area (TPSA) is 68.8 Å². The van der Waals surface area contributed by atoms with Crippen LogP contribution in [-0.4, -0.2) is 61.5 Å². The van der Waals surface area contributed by atoms with Crippen LogP contribution in [0, 0.1) is 0 Å². The van der Waals surface area contributed by atoms with E-state index < -0.39 is 0 Å². The molecule has 2 aromatic rings. The molecule has 1 N–H and O–H groups in total. The maximum absolute atomic E-state index is 12.4. The number of nitrogens with one attached hydrogen (secondary N) is 1. The third kappa shape index (κ3) is 4.34. The number of hydrogen-bond acceptors (Lipinski definition) is 6. The summed E-state index contributed by atoms with van der Waals surface area (Å²) in [6.45, 7) is 4.90. The zero-order valence-electron chi connectivity index (χ0n) is 16.1. The van der Waals surface area contributed by atoms with Crippen molar-refractivity contribution >= 4 is 39.7 Å². The van der Waals surface area contributed by atoms with E-state index in [0.29, 0.717) is 17.2 Å². The van der Waals surface area contributed by atoms with E-state index in [0.717, 1.165) is 44.8 Å². The number of aromatic nitrogens is 1. The quantitative estimate of drug-likeness (QED) is 0.835. The third-order valence-corrected chi connectivity index (χ3v) is 6.12. The first kappa shape index (κ1) is 18.9. The van der Waals surface area contributed by atoms with Crippen molar-refractivity contribution in [1.82, 2.24) is 9.88 Å². The maximum atomic E-state index is 12.4. The lowest BCUT2D eigenvalue weighted by molar-refractivity contribution is -0.117. The molecule has 0 aliphatic carbocycles. The lowest BCUT2D eigenvalue weighted by Gasteiger charge is -2.34. The van der Waals surface area contributed by atoms with E-state index in [1.807, 2.05) is 17.5 Å². The SMILES string of the molecule is CN1CCN(c2ccc(NC(=O)Cc3csc(N4CCCC4=O)n3)cc2)CC1. The van der Waals surface area contributed by atoms with Crippen LogP contribution in [0.2, 0.25) is 0 Å². The van der Waals surface area contributed by atoms with Gasteiger partial charge >= 0.3 is 0 Å². The summed E-state index contributed by atoms with van der Waals surface area (Å²) in [5.74, 6) is 0.0164. The molecule has 0 radical (unpaired) electrons. The summed E-state index contributed by atoms with van der Waals surface area (Å²) in [6.07, 6.45) is 1.66. The number of nitrogens with zero attached hydrogens (tertiary/aromatic N) is 4. The lowest BCUT2D eigenvalue weighted by Crippen LogP contribution is -2.44. The predicted octanol–water partition coefficient (Wildman–Crippen LogP) is 2.20. The number of carbonyl (C=O) groups is 2. The average molecular weight is 400 g/mol. The van der Waals surface area contributed by atoms with Crippen LogP contribution in [0.5, 0.6) is 0 Å². The van der Waals surface area contributed by atoms with Crippen molar-refractivity contribution in [3.8, 4) is 0 Å². The van der Waals surface area contributed by atoms with Crippen molar-refractivity contribution < 1.29 is 9.59 Å². The molecule has 8 heteroatoms. The molecule has 28 heavy (non-hydrogen) atoms. The normalized spacial score (nSPS) is 18.0. The second kappa shape index (κ2) is 8.28.